The van der Waals surface area contributed by atoms with Crippen LogP contribution in [0.15, 0.2) is 45.5 Å². The molecule has 1 atom stereocenters. The Balaban J connectivity index is 1.45. The third kappa shape index (κ3) is 3.38. The topological polar surface area (TPSA) is 77.0 Å². The van der Waals surface area contributed by atoms with Crippen LogP contribution in [0.25, 0.3) is 11.5 Å². The first-order chi connectivity index (χ1) is 11.9. The highest BCUT2D eigenvalue weighted by Crippen LogP contribution is 2.22. The molecule has 6 heteroatoms. The molecule has 0 spiro atoms. The first kappa shape index (κ1) is 15.1. The summed E-state index contributed by atoms with van der Waals surface area (Å²) in [6, 6.07) is 10.0. The van der Waals surface area contributed by atoms with E-state index in [1.165, 1.54) is 19.3 Å². The molecule has 2 aromatic heterocycles. The van der Waals surface area contributed by atoms with Crippen LogP contribution in [0.1, 0.15) is 49.1 Å². The molecule has 6 nitrogen and oxygen atoms in total. The van der Waals surface area contributed by atoms with Crippen LogP contribution < -0.4 is 5.32 Å². The second kappa shape index (κ2) is 6.97. The van der Waals surface area contributed by atoms with Gasteiger partial charge in [0.2, 0.25) is 11.8 Å². The van der Waals surface area contributed by atoms with E-state index in [-0.39, 0.29) is 6.04 Å². The van der Waals surface area contributed by atoms with Crippen molar-refractivity contribution in [3.05, 3.63) is 54.0 Å². The second-order valence-electron chi connectivity index (χ2n) is 6.09. The van der Waals surface area contributed by atoms with Gasteiger partial charge in [-0.3, -0.25) is 0 Å². The van der Waals surface area contributed by atoms with Crippen LogP contribution in [0.5, 0.6) is 0 Å². The molecule has 0 radical (unpaired) electrons. The lowest BCUT2D eigenvalue weighted by molar-refractivity contribution is 0.368. The molecule has 1 aliphatic rings. The Hall–Kier alpha value is -2.47. The highest BCUT2D eigenvalue weighted by atomic mass is 16.5. The second-order valence-corrected chi connectivity index (χ2v) is 6.09. The summed E-state index contributed by atoms with van der Waals surface area (Å²) in [5.41, 5.74) is 1.75. The molecule has 0 unspecified atom stereocenters. The molecule has 3 heterocycles. The van der Waals surface area contributed by atoms with Crippen molar-refractivity contribution in [2.45, 2.75) is 38.1 Å². The maximum atomic E-state index is 5.55. The van der Waals surface area contributed by atoms with Crippen LogP contribution in [0, 0.1) is 0 Å². The van der Waals surface area contributed by atoms with E-state index in [0.717, 1.165) is 30.0 Å². The van der Waals surface area contributed by atoms with Crippen molar-refractivity contribution in [3.63, 3.8) is 0 Å². The summed E-state index contributed by atoms with van der Waals surface area (Å²) in [4.78, 5) is 9.03. The van der Waals surface area contributed by atoms with Gasteiger partial charge in [-0.1, -0.05) is 36.2 Å². The summed E-state index contributed by atoms with van der Waals surface area (Å²) in [7, 11) is 0. The summed E-state index contributed by atoms with van der Waals surface area (Å²) in [6.45, 7) is 1.01. The molecule has 0 amide bonds. The number of oxazole rings is 1. The van der Waals surface area contributed by atoms with E-state index in [1.54, 1.807) is 6.26 Å². The minimum atomic E-state index is 0.196. The van der Waals surface area contributed by atoms with Gasteiger partial charge >= 0.3 is 0 Å². The van der Waals surface area contributed by atoms with Gasteiger partial charge in [0.1, 0.15) is 6.26 Å². The highest BCUT2D eigenvalue weighted by molar-refractivity contribution is 5.52. The average Bonchev–Trinajstić information content (AvgIpc) is 3.19. The van der Waals surface area contributed by atoms with Gasteiger partial charge in [-0.2, -0.15) is 4.98 Å². The van der Waals surface area contributed by atoms with Crippen molar-refractivity contribution < 1.29 is 8.94 Å². The molecule has 124 valence electrons. The van der Waals surface area contributed by atoms with Crippen molar-refractivity contribution >= 4 is 0 Å². The van der Waals surface area contributed by atoms with Crippen LogP contribution in [-0.2, 0) is 6.42 Å². The van der Waals surface area contributed by atoms with Crippen molar-refractivity contribution in [2.75, 3.05) is 6.54 Å². The van der Waals surface area contributed by atoms with Gasteiger partial charge in [0.15, 0.2) is 5.82 Å². The number of hydrogen-bond donors (Lipinski definition) is 1. The van der Waals surface area contributed by atoms with Gasteiger partial charge in [-0.15, -0.1) is 0 Å². The van der Waals surface area contributed by atoms with Crippen LogP contribution in [0.2, 0.25) is 0 Å². The first-order valence-corrected chi connectivity index (χ1v) is 8.44. The lowest BCUT2D eigenvalue weighted by Crippen LogP contribution is -2.21. The summed E-state index contributed by atoms with van der Waals surface area (Å²) >= 11 is 0. The molecule has 1 aliphatic heterocycles. The summed E-state index contributed by atoms with van der Waals surface area (Å²) in [5, 5.41) is 7.62. The van der Waals surface area contributed by atoms with Crippen molar-refractivity contribution in [2.24, 2.45) is 0 Å². The van der Waals surface area contributed by atoms with Crippen molar-refractivity contribution in [1.29, 1.82) is 0 Å². The zero-order valence-electron chi connectivity index (χ0n) is 13.4. The summed E-state index contributed by atoms with van der Waals surface area (Å²) in [5.74, 6) is 1.93. The van der Waals surface area contributed by atoms with Gasteiger partial charge in [0, 0.05) is 5.56 Å². The monoisotopic (exact) mass is 324 g/mol. The quantitative estimate of drug-likeness (QED) is 0.791. The molecule has 0 aliphatic carbocycles. The van der Waals surface area contributed by atoms with Gasteiger partial charge in [0.25, 0.3) is 0 Å². The van der Waals surface area contributed by atoms with Gasteiger partial charge < -0.3 is 14.3 Å². The molecule has 1 aromatic carbocycles. The van der Waals surface area contributed by atoms with Crippen LogP contribution in [0.4, 0.5) is 0 Å². The predicted octanol–water partition coefficient (Wildman–Crippen LogP) is 3.52. The zero-order valence-corrected chi connectivity index (χ0v) is 13.4. The molecule has 0 bridgehead atoms. The Labute approximate surface area is 140 Å². The largest absolute Gasteiger partial charge is 0.444 e. The molecule has 1 N–H and O–H groups in total. The standard InChI is InChI=1S/C18H20N4O2/c1-3-7-13(8-4-1)18-20-14(12-23-18)11-16-21-17(22-24-16)15-9-5-2-6-10-19-15/h1,3-4,7-8,12,15,19H,2,5-6,9-11H2/t15-/m0/s1. The number of hydrogen-bond acceptors (Lipinski definition) is 6. The van der Waals surface area contributed by atoms with E-state index in [4.69, 9.17) is 8.94 Å². The molecule has 24 heavy (non-hydrogen) atoms. The molecule has 1 saturated heterocycles. The Morgan fingerprint density at radius 3 is 2.92 bits per heavy atom. The van der Waals surface area contributed by atoms with Crippen LogP contribution in [0.3, 0.4) is 0 Å². The summed E-state index contributed by atoms with van der Waals surface area (Å²) < 4.78 is 10.9. The smallest absolute Gasteiger partial charge is 0.232 e. The number of aromatic nitrogens is 3. The molecule has 4 rings (SSSR count). The van der Waals surface area contributed by atoms with Crippen molar-refractivity contribution in [1.82, 2.24) is 20.4 Å². The SMILES string of the molecule is c1ccc(-c2nc(Cc3nc([C@@H]4CCCCCN4)no3)co2)cc1. The van der Waals surface area contributed by atoms with Gasteiger partial charge in [-0.25, -0.2) is 4.98 Å². The minimum absolute atomic E-state index is 0.196. The minimum Gasteiger partial charge on any atom is -0.444 e. The fraction of sp³-hybridized carbons (Fsp3) is 0.389. The fourth-order valence-corrected chi connectivity index (χ4v) is 2.99. The van der Waals surface area contributed by atoms with Crippen LogP contribution >= 0.6 is 0 Å². The van der Waals surface area contributed by atoms with E-state index >= 15 is 0 Å². The Morgan fingerprint density at radius 2 is 2.00 bits per heavy atom. The number of nitrogens with zero attached hydrogens (tertiary/aromatic N) is 3. The molecular formula is C18H20N4O2. The van der Waals surface area contributed by atoms with Gasteiger partial charge in [-0.05, 0) is 31.5 Å². The third-order valence-electron chi connectivity index (χ3n) is 4.26. The number of rotatable bonds is 4. The summed E-state index contributed by atoms with van der Waals surface area (Å²) in [6.07, 6.45) is 6.86. The average molecular weight is 324 g/mol. The molecular weight excluding hydrogens is 304 g/mol. The lowest BCUT2D eigenvalue weighted by atomic mass is 10.1. The predicted molar refractivity (Wildman–Crippen MR) is 88.3 cm³/mol. The Morgan fingerprint density at radius 1 is 1.08 bits per heavy atom. The first-order valence-electron chi connectivity index (χ1n) is 8.44. The van der Waals surface area contributed by atoms with E-state index < -0.39 is 0 Å². The Kier molecular flexibility index (Phi) is 4.38. The Bertz CT molecular complexity index is 773. The molecule has 3 aromatic rings. The normalized spacial score (nSPS) is 18.4. The lowest BCUT2D eigenvalue weighted by Gasteiger charge is -2.09. The van der Waals surface area contributed by atoms with Crippen LogP contribution in [-0.4, -0.2) is 21.7 Å². The van der Waals surface area contributed by atoms with E-state index in [1.807, 2.05) is 30.3 Å². The zero-order chi connectivity index (χ0) is 16.2. The maximum Gasteiger partial charge on any atom is 0.232 e. The fourth-order valence-electron chi connectivity index (χ4n) is 2.99. The number of nitrogens with one attached hydrogen (secondary N) is 1. The maximum absolute atomic E-state index is 5.55. The van der Waals surface area contributed by atoms with E-state index in [0.29, 0.717) is 18.2 Å². The van der Waals surface area contributed by atoms with Gasteiger partial charge in [0.05, 0.1) is 18.2 Å². The highest BCUT2D eigenvalue weighted by Gasteiger charge is 2.20. The third-order valence-corrected chi connectivity index (χ3v) is 4.26. The molecule has 1 fully saturated rings. The number of benzene rings is 1. The van der Waals surface area contributed by atoms with E-state index in [9.17, 15) is 0 Å². The van der Waals surface area contributed by atoms with Crippen molar-refractivity contribution in [3.8, 4) is 11.5 Å². The van der Waals surface area contributed by atoms with E-state index in [2.05, 4.69) is 20.4 Å². The molecule has 0 saturated carbocycles.